The molecule has 0 aliphatic carbocycles. The molecule has 0 saturated heterocycles. The lowest BCUT2D eigenvalue weighted by molar-refractivity contribution is 0.0549. The summed E-state index contributed by atoms with van der Waals surface area (Å²) in [5.74, 6) is -0.335. The molecule has 0 saturated carbocycles. The monoisotopic (exact) mass is 264 g/mol. The van der Waals surface area contributed by atoms with E-state index in [1.54, 1.807) is 12.1 Å². The van der Waals surface area contributed by atoms with Crippen molar-refractivity contribution >= 4 is 18.1 Å². The van der Waals surface area contributed by atoms with Crippen LogP contribution >= 0.6 is 0 Å². The maximum absolute atomic E-state index is 11.9. The molecular weight excluding hydrogens is 248 g/mol. The lowest BCUT2D eigenvalue weighted by atomic mass is 10.1. The molecule has 0 spiro atoms. The zero-order valence-corrected chi connectivity index (χ0v) is 11.2. The number of ether oxygens (including phenoxy) is 1. The Morgan fingerprint density at radius 1 is 1.00 bits per heavy atom. The molecule has 0 aliphatic heterocycles. The molecule has 2 aromatic carbocycles. The van der Waals surface area contributed by atoms with Gasteiger partial charge in [0.2, 0.25) is 0 Å². The van der Waals surface area contributed by atoms with E-state index < -0.39 is 0 Å². The van der Waals surface area contributed by atoms with E-state index in [4.69, 9.17) is 4.74 Å². The summed E-state index contributed by atoms with van der Waals surface area (Å²) in [4.78, 5) is 11.9. The maximum Gasteiger partial charge on any atom is 0.339 e. The van der Waals surface area contributed by atoms with E-state index in [1.165, 1.54) is 0 Å². The summed E-state index contributed by atoms with van der Waals surface area (Å²) >= 11 is 0. The molecule has 0 radical (unpaired) electrons. The normalized spacial score (nSPS) is 10.4. The molecule has 2 aromatic rings. The van der Waals surface area contributed by atoms with Crippen LogP contribution in [0.25, 0.3) is 12.2 Å². The zero-order chi connectivity index (χ0) is 14.2. The first-order valence-electron chi connectivity index (χ1n) is 6.41. The van der Waals surface area contributed by atoms with Gasteiger partial charge >= 0.3 is 5.97 Å². The zero-order valence-electron chi connectivity index (χ0n) is 11.2. The Hall–Kier alpha value is -2.61. The van der Waals surface area contributed by atoms with Crippen LogP contribution in [0.1, 0.15) is 21.5 Å². The SMILES string of the molecule is C=CCOC(=O)c1ccccc1C=Cc1ccccc1. The Kier molecular flexibility index (Phi) is 4.90. The van der Waals surface area contributed by atoms with Crippen LogP contribution in [0.4, 0.5) is 0 Å². The Morgan fingerprint density at radius 2 is 1.70 bits per heavy atom. The second-order valence-corrected chi connectivity index (χ2v) is 4.22. The third-order valence-electron chi connectivity index (χ3n) is 2.77. The van der Waals surface area contributed by atoms with Crippen LogP contribution in [-0.2, 0) is 4.74 Å². The quantitative estimate of drug-likeness (QED) is 0.459. The topological polar surface area (TPSA) is 26.3 Å². The second-order valence-electron chi connectivity index (χ2n) is 4.22. The minimum atomic E-state index is -0.335. The van der Waals surface area contributed by atoms with Gasteiger partial charge in [-0.2, -0.15) is 0 Å². The fourth-order valence-corrected chi connectivity index (χ4v) is 1.79. The van der Waals surface area contributed by atoms with E-state index in [-0.39, 0.29) is 12.6 Å². The van der Waals surface area contributed by atoms with Crippen molar-refractivity contribution in [2.75, 3.05) is 6.61 Å². The predicted octanol–water partition coefficient (Wildman–Crippen LogP) is 4.20. The van der Waals surface area contributed by atoms with Gasteiger partial charge in [-0.15, -0.1) is 0 Å². The van der Waals surface area contributed by atoms with Crippen molar-refractivity contribution in [2.24, 2.45) is 0 Å². The molecule has 0 aromatic heterocycles. The van der Waals surface area contributed by atoms with Crippen molar-refractivity contribution in [2.45, 2.75) is 0 Å². The van der Waals surface area contributed by atoms with Crippen LogP contribution in [-0.4, -0.2) is 12.6 Å². The molecule has 0 amide bonds. The number of carbonyl (C=O) groups is 1. The lowest BCUT2D eigenvalue weighted by Crippen LogP contribution is -2.06. The largest absolute Gasteiger partial charge is 0.458 e. The Labute approximate surface area is 119 Å². The van der Waals surface area contributed by atoms with Gasteiger partial charge in [0.15, 0.2) is 0 Å². The Balaban J connectivity index is 2.22. The third-order valence-corrected chi connectivity index (χ3v) is 2.77. The van der Waals surface area contributed by atoms with Crippen molar-refractivity contribution in [3.05, 3.63) is 83.9 Å². The van der Waals surface area contributed by atoms with Gasteiger partial charge in [0, 0.05) is 0 Å². The van der Waals surface area contributed by atoms with E-state index in [0.717, 1.165) is 11.1 Å². The van der Waals surface area contributed by atoms with E-state index in [1.807, 2.05) is 60.7 Å². The number of hydrogen-bond acceptors (Lipinski definition) is 2. The number of benzene rings is 2. The highest BCUT2D eigenvalue weighted by molar-refractivity contribution is 5.94. The molecule has 2 heteroatoms. The molecule has 2 nitrogen and oxygen atoms in total. The maximum atomic E-state index is 11.9. The second kappa shape index (κ2) is 7.10. The molecule has 100 valence electrons. The fourth-order valence-electron chi connectivity index (χ4n) is 1.79. The summed E-state index contributed by atoms with van der Waals surface area (Å²) in [5, 5.41) is 0. The van der Waals surface area contributed by atoms with Crippen molar-refractivity contribution in [1.29, 1.82) is 0 Å². The minimum Gasteiger partial charge on any atom is -0.458 e. The van der Waals surface area contributed by atoms with Crippen LogP contribution in [0.3, 0.4) is 0 Å². The molecule has 0 atom stereocenters. The average molecular weight is 264 g/mol. The summed E-state index contributed by atoms with van der Waals surface area (Å²) in [6.45, 7) is 3.75. The third kappa shape index (κ3) is 3.69. The first kappa shape index (κ1) is 13.8. The molecule has 0 aliphatic rings. The highest BCUT2D eigenvalue weighted by atomic mass is 16.5. The molecule has 0 unspecified atom stereocenters. The van der Waals surface area contributed by atoms with E-state index in [9.17, 15) is 4.79 Å². The lowest BCUT2D eigenvalue weighted by Gasteiger charge is -2.05. The van der Waals surface area contributed by atoms with E-state index >= 15 is 0 Å². The van der Waals surface area contributed by atoms with Crippen LogP contribution in [0.15, 0.2) is 67.3 Å². The molecular formula is C18H16O2. The standard InChI is InChI=1S/C18H16O2/c1-2-14-20-18(19)17-11-7-6-10-16(17)13-12-15-8-4-3-5-9-15/h2-13H,1,14H2. The number of hydrogen-bond donors (Lipinski definition) is 0. The summed E-state index contributed by atoms with van der Waals surface area (Å²) in [6.07, 6.45) is 5.44. The Morgan fingerprint density at radius 3 is 2.45 bits per heavy atom. The summed E-state index contributed by atoms with van der Waals surface area (Å²) < 4.78 is 5.08. The van der Waals surface area contributed by atoms with E-state index in [0.29, 0.717) is 5.56 Å². The molecule has 0 N–H and O–H groups in total. The summed E-state index contributed by atoms with van der Waals surface area (Å²) in [7, 11) is 0. The van der Waals surface area contributed by atoms with Gasteiger partial charge in [-0.05, 0) is 17.2 Å². The van der Waals surface area contributed by atoms with Crippen molar-refractivity contribution in [1.82, 2.24) is 0 Å². The van der Waals surface area contributed by atoms with Gasteiger partial charge in [0.1, 0.15) is 6.61 Å². The number of esters is 1. The molecule has 0 heterocycles. The van der Waals surface area contributed by atoms with Gasteiger partial charge in [0.05, 0.1) is 5.56 Å². The molecule has 0 fully saturated rings. The van der Waals surface area contributed by atoms with Gasteiger partial charge in [-0.3, -0.25) is 0 Å². The van der Waals surface area contributed by atoms with Gasteiger partial charge < -0.3 is 4.74 Å². The van der Waals surface area contributed by atoms with Crippen molar-refractivity contribution in [3.63, 3.8) is 0 Å². The van der Waals surface area contributed by atoms with Crippen molar-refractivity contribution < 1.29 is 9.53 Å². The molecule has 0 bridgehead atoms. The van der Waals surface area contributed by atoms with Crippen LogP contribution < -0.4 is 0 Å². The van der Waals surface area contributed by atoms with Gasteiger partial charge in [-0.1, -0.05) is 73.3 Å². The van der Waals surface area contributed by atoms with Gasteiger partial charge in [-0.25, -0.2) is 4.79 Å². The summed E-state index contributed by atoms with van der Waals surface area (Å²) in [5.41, 5.74) is 2.48. The van der Waals surface area contributed by atoms with Crippen LogP contribution in [0, 0.1) is 0 Å². The fraction of sp³-hybridized carbons (Fsp3) is 0.0556. The first-order valence-corrected chi connectivity index (χ1v) is 6.41. The summed E-state index contributed by atoms with van der Waals surface area (Å²) in [6, 6.07) is 17.3. The Bertz CT molecular complexity index is 612. The number of rotatable bonds is 5. The molecule has 20 heavy (non-hydrogen) atoms. The average Bonchev–Trinajstić information content (AvgIpc) is 2.52. The first-order chi connectivity index (χ1) is 9.81. The van der Waals surface area contributed by atoms with Crippen LogP contribution in [0.5, 0.6) is 0 Å². The predicted molar refractivity (Wildman–Crippen MR) is 82.3 cm³/mol. The highest BCUT2D eigenvalue weighted by Gasteiger charge is 2.09. The molecule has 2 rings (SSSR count). The smallest absolute Gasteiger partial charge is 0.339 e. The van der Waals surface area contributed by atoms with E-state index in [2.05, 4.69) is 6.58 Å². The highest BCUT2D eigenvalue weighted by Crippen LogP contribution is 2.14. The van der Waals surface area contributed by atoms with Crippen molar-refractivity contribution in [3.8, 4) is 0 Å². The minimum absolute atomic E-state index is 0.218. The van der Waals surface area contributed by atoms with Gasteiger partial charge in [0.25, 0.3) is 0 Å². The number of carbonyl (C=O) groups excluding carboxylic acids is 1. The van der Waals surface area contributed by atoms with Crippen LogP contribution in [0.2, 0.25) is 0 Å².